The average Bonchev–Trinajstić information content (AvgIpc) is 3.44. The molecule has 0 aromatic carbocycles. The molecule has 1 fully saturated rings. The summed E-state index contributed by atoms with van der Waals surface area (Å²) in [6.45, 7) is 22.6. The Morgan fingerprint density at radius 3 is 1.84 bits per heavy atom. The molecule has 14 nitrogen and oxygen atoms in total. The van der Waals surface area contributed by atoms with Crippen LogP contribution in [0, 0.1) is 22.7 Å². The van der Waals surface area contributed by atoms with E-state index in [9.17, 15) is 33.6 Å². The minimum Gasteiger partial charge on any atom is -0.444 e. The molecule has 3 atom stereocenters. The van der Waals surface area contributed by atoms with Crippen LogP contribution in [0.1, 0.15) is 141 Å². The number of likely N-dealkylation sites (N-methyl/N-ethyl adjacent to an activating group) is 1. The third-order valence-corrected chi connectivity index (χ3v) is 10.4. The molecule has 348 valence electrons. The van der Waals surface area contributed by atoms with Gasteiger partial charge in [0.25, 0.3) is 5.91 Å². The lowest BCUT2D eigenvalue weighted by atomic mass is 9.82. The first kappa shape index (κ1) is 56.5. The Morgan fingerprint density at radius 2 is 1.39 bits per heavy atom. The molecule has 4 N–H and O–H groups in total. The summed E-state index contributed by atoms with van der Waals surface area (Å²) in [7, 11) is 3.38. The maximum atomic E-state index is 13.9. The van der Waals surface area contributed by atoms with Gasteiger partial charge in [-0.15, -0.1) is 0 Å². The number of alkyl carbamates (subject to hydrolysis) is 1. The lowest BCUT2D eigenvalue weighted by Crippen LogP contribution is -2.54. The molecule has 2 aliphatic carbocycles. The number of carbonyl (C=O) groups excluding carboxylic acids is 7. The highest BCUT2D eigenvalue weighted by molar-refractivity contribution is 6.37. The Labute approximate surface area is 367 Å². The Bertz CT molecular complexity index is 1470. The van der Waals surface area contributed by atoms with Crippen molar-refractivity contribution in [3.05, 3.63) is 36.5 Å². The van der Waals surface area contributed by atoms with Crippen LogP contribution in [0.15, 0.2) is 36.5 Å². The van der Waals surface area contributed by atoms with Gasteiger partial charge in [-0.3, -0.25) is 28.8 Å². The summed E-state index contributed by atoms with van der Waals surface area (Å²) in [5.41, 5.74) is -1.19. The molecule has 3 unspecified atom stereocenters. The highest BCUT2D eigenvalue weighted by atomic mass is 16.6. The Hall–Kier alpha value is -4.49. The van der Waals surface area contributed by atoms with Crippen molar-refractivity contribution in [3.8, 4) is 0 Å². The van der Waals surface area contributed by atoms with E-state index in [1.165, 1.54) is 29.1 Å². The zero-order chi connectivity index (χ0) is 47.0. The number of nitrogens with zero attached hydrogens (tertiary/aromatic N) is 2. The molecule has 6 amide bonds. The molecule has 2 rings (SSSR count). The van der Waals surface area contributed by atoms with Crippen molar-refractivity contribution in [3.63, 3.8) is 0 Å². The van der Waals surface area contributed by atoms with Gasteiger partial charge in [0.1, 0.15) is 11.6 Å². The van der Waals surface area contributed by atoms with E-state index in [-0.39, 0.29) is 36.2 Å². The molecule has 61 heavy (non-hydrogen) atoms. The maximum Gasteiger partial charge on any atom is 0.407 e. The Kier molecular flexibility index (Phi) is 26.1. The van der Waals surface area contributed by atoms with E-state index in [1.807, 2.05) is 64.2 Å². The van der Waals surface area contributed by atoms with Gasteiger partial charge in [-0.05, 0) is 70.6 Å². The number of amides is 6. The van der Waals surface area contributed by atoms with Gasteiger partial charge in [0.15, 0.2) is 0 Å². The van der Waals surface area contributed by atoms with Crippen LogP contribution in [0.3, 0.4) is 0 Å². The number of Topliss-reactive ketones (excluding diaryl/α,β-unsaturated/α-hetero) is 1. The number of nitrogens with one attached hydrogen (secondary N) is 4. The van der Waals surface area contributed by atoms with Crippen molar-refractivity contribution in [2.24, 2.45) is 22.7 Å². The van der Waals surface area contributed by atoms with Crippen molar-refractivity contribution in [1.82, 2.24) is 31.1 Å². The SMILES string of the molecule is CC1CCC1.CCCC(C)(C)CCCC(C(=O)NCC(=O)C(=O)NCC(=O)NC(C)C1C=CC=CC=C1)N(CC)C(=O)CC(NC(=O)OC(C)(C)C)C(C)(C)C.CN(C)C=O. The second kappa shape index (κ2) is 28.2. The number of allylic oxidation sites excluding steroid dienone is 4. The average molecular weight is 859 g/mol. The molecule has 2 aliphatic rings. The third kappa shape index (κ3) is 25.8. The molecule has 0 aromatic heterocycles. The summed E-state index contributed by atoms with van der Waals surface area (Å²) < 4.78 is 5.44. The predicted octanol–water partition coefficient (Wildman–Crippen LogP) is 6.65. The van der Waals surface area contributed by atoms with E-state index in [0.717, 1.165) is 31.6 Å². The maximum absolute atomic E-state index is 13.9. The highest BCUT2D eigenvalue weighted by Gasteiger charge is 2.35. The first-order valence-corrected chi connectivity index (χ1v) is 22.1. The van der Waals surface area contributed by atoms with Gasteiger partial charge in [-0.2, -0.15) is 0 Å². The van der Waals surface area contributed by atoms with E-state index < -0.39 is 65.8 Å². The van der Waals surface area contributed by atoms with E-state index in [4.69, 9.17) is 4.74 Å². The third-order valence-electron chi connectivity index (χ3n) is 10.4. The van der Waals surface area contributed by atoms with Gasteiger partial charge < -0.3 is 35.8 Å². The van der Waals surface area contributed by atoms with E-state index in [1.54, 1.807) is 41.8 Å². The van der Waals surface area contributed by atoms with Crippen LogP contribution in [0.4, 0.5) is 4.79 Å². The minimum absolute atomic E-state index is 0.0303. The topological polar surface area (TPSA) is 183 Å². The minimum atomic E-state index is -1.00. The molecular weight excluding hydrogens is 777 g/mol. The van der Waals surface area contributed by atoms with Gasteiger partial charge >= 0.3 is 6.09 Å². The van der Waals surface area contributed by atoms with Crippen LogP contribution in [-0.4, -0.2) is 109 Å². The van der Waals surface area contributed by atoms with Crippen molar-refractivity contribution in [2.75, 3.05) is 33.7 Å². The van der Waals surface area contributed by atoms with Crippen molar-refractivity contribution in [1.29, 1.82) is 0 Å². The molecule has 0 radical (unpaired) electrons. The zero-order valence-corrected chi connectivity index (χ0v) is 40.1. The fraction of sp³-hybridized carbons (Fsp3) is 0.723. The number of hydrogen-bond acceptors (Lipinski definition) is 8. The predicted molar refractivity (Wildman–Crippen MR) is 243 cm³/mol. The quantitative estimate of drug-likeness (QED) is 0.0776. The number of ether oxygens (including phenoxy) is 1. The number of ketones is 1. The molecule has 0 heterocycles. The van der Waals surface area contributed by atoms with Gasteiger partial charge in [-0.1, -0.05) is 117 Å². The summed E-state index contributed by atoms with van der Waals surface area (Å²) >= 11 is 0. The van der Waals surface area contributed by atoms with Crippen molar-refractivity contribution >= 4 is 41.9 Å². The standard InChI is InChI=1S/C39H65N5O7.C5H10.C3H7NO/c1-12-22-39(10,11)23-18-21-29(44(13-2)33(47)24-31(37(4,5)6)43-36(50)51-38(7,8)9)34(48)40-25-30(45)35(49)41-26-32(46)42-27(3)28-19-16-14-15-17-20-28;1-5-3-2-4-5;1-4(2)3-5/h14-17,19-20,27-29,31H,12-13,18,21-26H2,1-11H3,(H,40,48)(H,41,49)(H,42,46)(H,43,50);5H,2-4H2,1H3;3H,1-2H3. The zero-order valence-electron chi connectivity index (χ0n) is 40.1. The monoisotopic (exact) mass is 859 g/mol. The smallest absolute Gasteiger partial charge is 0.407 e. The Balaban J connectivity index is 0.00000316. The molecule has 1 saturated carbocycles. The summed E-state index contributed by atoms with van der Waals surface area (Å²) in [4.78, 5) is 90.3. The summed E-state index contributed by atoms with van der Waals surface area (Å²) in [6, 6.07) is -1.74. The van der Waals surface area contributed by atoms with Crippen LogP contribution in [0.5, 0.6) is 0 Å². The fourth-order valence-electron chi connectivity index (χ4n) is 6.44. The number of carbonyl (C=O) groups is 7. The number of rotatable bonds is 20. The normalized spacial score (nSPS) is 15.4. The van der Waals surface area contributed by atoms with E-state index >= 15 is 0 Å². The van der Waals surface area contributed by atoms with Gasteiger partial charge in [0.05, 0.1) is 13.1 Å². The van der Waals surface area contributed by atoms with Gasteiger partial charge in [0.2, 0.25) is 29.9 Å². The van der Waals surface area contributed by atoms with Crippen molar-refractivity contribution in [2.45, 2.75) is 165 Å². The molecule has 0 aliphatic heterocycles. The molecule has 14 heteroatoms. The summed E-state index contributed by atoms with van der Waals surface area (Å²) in [5.74, 6) is -2.23. The van der Waals surface area contributed by atoms with E-state index in [2.05, 4.69) is 49.0 Å². The lowest BCUT2D eigenvalue weighted by molar-refractivity contribution is -0.142. The number of hydrogen-bond donors (Lipinski definition) is 4. The molecule has 0 saturated heterocycles. The van der Waals surface area contributed by atoms with Crippen molar-refractivity contribution < 1.29 is 38.3 Å². The first-order valence-electron chi connectivity index (χ1n) is 22.1. The van der Waals surface area contributed by atoms with Crippen LogP contribution >= 0.6 is 0 Å². The van der Waals surface area contributed by atoms with Crippen LogP contribution in [-0.2, 0) is 33.5 Å². The van der Waals surface area contributed by atoms with Gasteiger partial charge in [0, 0.05) is 45.1 Å². The highest BCUT2D eigenvalue weighted by Crippen LogP contribution is 2.30. The second-order valence-corrected chi connectivity index (χ2v) is 19.3. The molecular formula is C47H82N6O8. The molecule has 0 spiro atoms. The van der Waals surface area contributed by atoms with Crippen LogP contribution in [0.2, 0.25) is 0 Å². The summed E-state index contributed by atoms with van der Waals surface area (Å²) in [5, 5.41) is 10.5. The fourth-order valence-corrected chi connectivity index (χ4v) is 6.44. The largest absolute Gasteiger partial charge is 0.444 e. The Morgan fingerprint density at radius 1 is 0.836 bits per heavy atom. The first-order chi connectivity index (χ1) is 28.3. The summed E-state index contributed by atoms with van der Waals surface area (Å²) in [6.07, 6.45) is 19.8. The second-order valence-electron chi connectivity index (χ2n) is 19.3. The lowest BCUT2D eigenvalue weighted by Gasteiger charge is -2.36. The molecule has 0 bridgehead atoms. The molecule has 0 aromatic rings. The van der Waals surface area contributed by atoms with Crippen LogP contribution < -0.4 is 21.3 Å². The van der Waals surface area contributed by atoms with Crippen LogP contribution in [0.25, 0.3) is 0 Å². The van der Waals surface area contributed by atoms with E-state index in [0.29, 0.717) is 12.8 Å². The van der Waals surface area contributed by atoms with Gasteiger partial charge in [-0.25, -0.2) is 4.79 Å².